The molecule has 8 nitrogen and oxygen atoms in total. The third-order valence-electron chi connectivity index (χ3n) is 4.67. The lowest BCUT2D eigenvalue weighted by Gasteiger charge is -2.22. The molecule has 8 heteroatoms. The number of rotatable bonds is 8. The zero-order chi connectivity index (χ0) is 24.7. The summed E-state index contributed by atoms with van der Waals surface area (Å²) >= 11 is 0. The molecule has 1 aromatic heterocycles. The Labute approximate surface area is 198 Å². The van der Waals surface area contributed by atoms with Gasteiger partial charge in [0.1, 0.15) is 24.0 Å². The molecule has 0 spiro atoms. The van der Waals surface area contributed by atoms with Crippen LogP contribution in [0, 0.1) is 0 Å². The average molecular weight is 465 g/mol. The quantitative estimate of drug-likeness (QED) is 0.506. The largest absolute Gasteiger partial charge is 0.482 e. The smallest absolute Gasteiger partial charge is 0.344 e. The SMILES string of the molecule is C[C@@H](NC(=O)c1ccnc2cc(OCC(=O)OCc3ccccc3)ccc12)C(=O)OC(C)(C)C. The van der Waals surface area contributed by atoms with E-state index in [4.69, 9.17) is 14.2 Å². The minimum atomic E-state index is -0.820. The first kappa shape index (κ1) is 24.7. The number of amides is 1. The molecule has 1 heterocycles. The highest BCUT2D eigenvalue weighted by Crippen LogP contribution is 2.22. The second-order valence-electron chi connectivity index (χ2n) is 8.70. The van der Waals surface area contributed by atoms with Crippen LogP contribution >= 0.6 is 0 Å². The van der Waals surface area contributed by atoms with E-state index in [9.17, 15) is 14.4 Å². The molecule has 3 rings (SSSR count). The van der Waals surface area contributed by atoms with Crippen molar-refractivity contribution < 1.29 is 28.6 Å². The normalized spacial score (nSPS) is 12.0. The van der Waals surface area contributed by atoms with E-state index in [2.05, 4.69) is 10.3 Å². The van der Waals surface area contributed by atoms with Crippen molar-refractivity contribution in [3.63, 3.8) is 0 Å². The molecule has 0 aliphatic heterocycles. The van der Waals surface area contributed by atoms with Gasteiger partial charge in [-0.1, -0.05) is 30.3 Å². The Kier molecular flexibility index (Phi) is 7.83. The molecule has 0 fully saturated rings. The van der Waals surface area contributed by atoms with E-state index >= 15 is 0 Å². The van der Waals surface area contributed by atoms with Gasteiger partial charge in [-0.15, -0.1) is 0 Å². The topological polar surface area (TPSA) is 104 Å². The summed E-state index contributed by atoms with van der Waals surface area (Å²) in [5, 5.41) is 3.24. The van der Waals surface area contributed by atoms with Crippen molar-refractivity contribution in [1.29, 1.82) is 0 Å². The van der Waals surface area contributed by atoms with Gasteiger partial charge in [-0.3, -0.25) is 9.78 Å². The van der Waals surface area contributed by atoms with Gasteiger partial charge in [0.25, 0.3) is 5.91 Å². The summed E-state index contributed by atoms with van der Waals surface area (Å²) in [4.78, 5) is 41.2. The highest BCUT2D eigenvalue weighted by Gasteiger charge is 2.24. The van der Waals surface area contributed by atoms with E-state index in [-0.39, 0.29) is 13.2 Å². The summed E-state index contributed by atoms with van der Waals surface area (Å²) < 4.78 is 16.0. The monoisotopic (exact) mass is 464 g/mol. The van der Waals surface area contributed by atoms with E-state index in [1.807, 2.05) is 30.3 Å². The van der Waals surface area contributed by atoms with Crippen LogP contribution in [0.5, 0.6) is 5.75 Å². The highest BCUT2D eigenvalue weighted by molar-refractivity contribution is 6.07. The molecule has 0 aliphatic carbocycles. The van der Waals surface area contributed by atoms with E-state index < -0.39 is 29.5 Å². The Balaban J connectivity index is 1.61. The molecule has 1 N–H and O–H groups in total. The first-order valence-corrected chi connectivity index (χ1v) is 10.9. The van der Waals surface area contributed by atoms with E-state index in [1.165, 1.54) is 6.20 Å². The lowest BCUT2D eigenvalue weighted by Crippen LogP contribution is -2.42. The Morgan fingerprint density at radius 2 is 1.76 bits per heavy atom. The van der Waals surface area contributed by atoms with Crippen LogP contribution in [0.3, 0.4) is 0 Å². The Bertz CT molecular complexity index is 1170. The van der Waals surface area contributed by atoms with E-state index in [0.717, 1.165) is 5.56 Å². The van der Waals surface area contributed by atoms with Crippen LogP contribution in [0.25, 0.3) is 10.9 Å². The van der Waals surface area contributed by atoms with Crippen LogP contribution < -0.4 is 10.1 Å². The van der Waals surface area contributed by atoms with Gasteiger partial charge in [0.2, 0.25) is 0 Å². The van der Waals surface area contributed by atoms with Crippen molar-refractivity contribution >= 4 is 28.7 Å². The number of fused-ring (bicyclic) bond motifs is 1. The van der Waals surface area contributed by atoms with Crippen LogP contribution in [0.2, 0.25) is 0 Å². The zero-order valence-corrected chi connectivity index (χ0v) is 19.7. The number of ether oxygens (including phenoxy) is 3. The van der Waals surface area contributed by atoms with Gasteiger partial charge in [-0.05, 0) is 51.5 Å². The first-order valence-electron chi connectivity index (χ1n) is 10.9. The molecule has 178 valence electrons. The van der Waals surface area contributed by atoms with Crippen molar-refractivity contribution in [2.45, 2.75) is 45.9 Å². The maximum Gasteiger partial charge on any atom is 0.344 e. The van der Waals surface area contributed by atoms with Gasteiger partial charge in [-0.2, -0.15) is 0 Å². The number of nitrogens with zero attached hydrogens (tertiary/aromatic N) is 1. The summed E-state index contributed by atoms with van der Waals surface area (Å²) in [6.45, 7) is 6.77. The summed E-state index contributed by atoms with van der Waals surface area (Å²) in [5.74, 6) is -1.03. The molecule has 2 aromatic carbocycles. The van der Waals surface area contributed by atoms with E-state index in [0.29, 0.717) is 22.2 Å². The first-order chi connectivity index (χ1) is 16.1. The zero-order valence-electron chi connectivity index (χ0n) is 19.7. The summed E-state index contributed by atoms with van der Waals surface area (Å²) in [5.41, 5.74) is 1.10. The second kappa shape index (κ2) is 10.8. The predicted molar refractivity (Wildman–Crippen MR) is 126 cm³/mol. The highest BCUT2D eigenvalue weighted by atomic mass is 16.6. The molecule has 0 bridgehead atoms. The number of hydrogen-bond acceptors (Lipinski definition) is 7. The number of aromatic nitrogens is 1. The molecule has 0 saturated heterocycles. The number of nitrogens with one attached hydrogen (secondary N) is 1. The van der Waals surface area contributed by atoms with Crippen LogP contribution in [-0.2, 0) is 25.7 Å². The van der Waals surface area contributed by atoms with Crippen molar-refractivity contribution in [3.8, 4) is 5.75 Å². The molecule has 0 aliphatic rings. The van der Waals surface area contributed by atoms with Crippen LogP contribution in [-0.4, -0.2) is 41.1 Å². The summed E-state index contributed by atoms with van der Waals surface area (Å²) in [6.07, 6.45) is 1.49. The molecule has 34 heavy (non-hydrogen) atoms. The van der Waals surface area contributed by atoms with Crippen molar-refractivity contribution in [1.82, 2.24) is 10.3 Å². The second-order valence-corrected chi connectivity index (χ2v) is 8.70. The van der Waals surface area contributed by atoms with Gasteiger partial charge in [0, 0.05) is 17.6 Å². The van der Waals surface area contributed by atoms with Crippen molar-refractivity contribution in [2.24, 2.45) is 0 Å². The number of hydrogen-bond donors (Lipinski definition) is 1. The lowest BCUT2D eigenvalue weighted by atomic mass is 10.1. The maximum atomic E-state index is 12.8. The number of benzene rings is 2. The number of pyridine rings is 1. The van der Waals surface area contributed by atoms with Crippen molar-refractivity contribution in [2.75, 3.05) is 6.61 Å². The lowest BCUT2D eigenvalue weighted by molar-refractivity contribution is -0.156. The van der Waals surface area contributed by atoms with Gasteiger partial charge >= 0.3 is 11.9 Å². The number of esters is 2. The molecular formula is C26H28N2O6. The Morgan fingerprint density at radius 3 is 2.47 bits per heavy atom. The average Bonchev–Trinajstić information content (AvgIpc) is 2.80. The third kappa shape index (κ3) is 7.03. The maximum absolute atomic E-state index is 12.8. The molecular weight excluding hydrogens is 436 g/mol. The third-order valence-corrected chi connectivity index (χ3v) is 4.67. The van der Waals surface area contributed by atoms with Crippen LogP contribution in [0.15, 0.2) is 60.8 Å². The van der Waals surface area contributed by atoms with E-state index in [1.54, 1.807) is 52.0 Å². The van der Waals surface area contributed by atoms with Gasteiger partial charge in [-0.25, -0.2) is 9.59 Å². The standard InChI is InChI=1S/C26H28N2O6/c1-17(25(31)34-26(2,3)4)28-24(30)21-12-13-27-22-14-19(10-11-20(21)22)32-16-23(29)33-15-18-8-6-5-7-9-18/h5-14,17H,15-16H2,1-4H3,(H,28,30)/t17-/m1/s1. The van der Waals surface area contributed by atoms with Gasteiger partial charge < -0.3 is 19.5 Å². The van der Waals surface area contributed by atoms with Gasteiger partial charge in [0.05, 0.1) is 11.1 Å². The van der Waals surface area contributed by atoms with Crippen LogP contribution in [0.1, 0.15) is 43.6 Å². The molecule has 1 atom stereocenters. The van der Waals surface area contributed by atoms with Crippen molar-refractivity contribution in [3.05, 3.63) is 71.9 Å². The Hall–Kier alpha value is -3.94. The minimum absolute atomic E-state index is 0.169. The molecule has 1 amide bonds. The molecule has 0 saturated carbocycles. The Morgan fingerprint density at radius 1 is 1.03 bits per heavy atom. The summed E-state index contributed by atoms with van der Waals surface area (Å²) in [7, 11) is 0. The fourth-order valence-corrected chi connectivity index (χ4v) is 3.06. The predicted octanol–water partition coefficient (Wildman–Crippen LogP) is 3.82. The fourth-order valence-electron chi connectivity index (χ4n) is 3.06. The molecule has 0 radical (unpaired) electrons. The number of carbonyl (C=O) groups excluding carboxylic acids is 3. The number of carbonyl (C=O) groups is 3. The molecule has 0 unspecified atom stereocenters. The van der Waals surface area contributed by atoms with Gasteiger partial charge in [0.15, 0.2) is 6.61 Å². The minimum Gasteiger partial charge on any atom is -0.482 e. The molecule has 3 aromatic rings. The van der Waals surface area contributed by atoms with Crippen LogP contribution in [0.4, 0.5) is 0 Å². The summed E-state index contributed by atoms with van der Waals surface area (Å²) in [6, 6.07) is 15.1. The fraction of sp³-hybridized carbons (Fsp3) is 0.308.